The smallest absolute Gasteiger partial charge is 0.126 e. The first kappa shape index (κ1) is 11.1. The van der Waals surface area contributed by atoms with Gasteiger partial charge >= 0.3 is 0 Å². The maximum absolute atomic E-state index is 13.2. The summed E-state index contributed by atoms with van der Waals surface area (Å²) in [7, 11) is 1.81. The zero-order chi connectivity index (χ0) is 10.6. The van der Waals surface area contributed by atoms with Crippen molar-refractivity contribution in [1.29, 1.82) is 0 Å². The van der Waals surface area contributed by atoms with Gasteiger partial charge in [0, 0.05) is 12.6 Å². The van der Waals surface area contributed by atoms with E-state index in [0.29, 0.717) is 12.0 Å². The first-order valence-corrected chi connectivity index (χ1v) is 4.73. The Hall–Kier alpha value is -0.930. The second-order valence-corrected chi connectivity index (χ2v) is 3.31. The number of hydrogen-bond acceptors (Lipinski definition) is 2. The molecule has 0 saturated carbocycles. The molecule has 0 bridgehead atoms. The Labute approximate surface area is 83.8 Å². The molecule has 0 saturated heterocycles. The largest absolute Gasteiger partial charge is 0.396 e. The van der Waals surface area contributed by atoms with E-state index in [1.165, 1.54) is 6.07 Å². The fourth-order valence-electron chi connectivity index (χ4n) is 1.59. The van der Waals surface area contributed by atoms with Gasteiger partial charge in [-0.15, -0.1) is 0 Å². The van der Waals surface area contributed by atoms with Crippen molar-refractivity contribution in [2.45, 2.75) is 19.4 Å². The fraction of sp³-hybridized carbons (Fsp3) is 0.455. The Bertz CT molecular complexity index is 301. The lowest BCUT2D eigenvalue weighted by Crippen LogP contribution is -2.19. The average molecular weight is 197 g/mol. The van der Waals surface area contributed by atoms with Crippen LogP contribution in [-0.2, 0) is 0 Å². The van der Waals surface area contributed by atoms with Crippen molar-refractivity contribution in [2.75, 3.05) is 13.7 Å². The second kappa shape index (κ2) is 5.08. The number of halogens is 1. The minimum Gasteiger partial charge on any atom is -0.396 e. The van der Waals surface area contributed by atoms with E-state index in [4.69, 9.17) is 5.11 Å². The predicted molar refractivity (Wildman–Crippen MR) is 54.6 cm³/mol. The molecule has 1 atom stereocenters. The molecule has 1 rings (SSSR count). The van der Waals surface area contributed by atoms with Crippen molar-refractivity contribution >= 4 is 0 Å². The predicted octanol–water partition coefficient (Wildman–Crippen LogP) is 1.78. The number of hydrogen-bond donors (Lipinski definition) is 2. The van der Waals surface area contributed by atoms with Crippen molar-refractivity contribution in [3.8, 4) is 0 Å². The quantitative estimate of drug-likeness (QED) is 0.771. The summed E-state index contributed by atoms with van der Waals surface area (Å²) < 4.78 is 13.2. The van der Waals surface area contributed by atoms with Crippen molar-refractivity contribution in [2.24, 2.45) is 0 Å². The standard InChI is InChI=1S/C11H16FNO/c1-8-9(4-3-5-10(8)12)11(13-2)6-7-14/h3-5,11,13-14H,6-7H2,1-2H3. The van der Waals surface area contributed by atoms with Crippen LogP contribution in [0.15, 0.2) is 18.2 Å². The van der Waals surface area contributed by atoms with Gasteiger partial charge in [0.2, 0.25) is 0 Å². The molecular weight excluding hydrogens is 181 g/mol. The first-order chi connectivity index (χ1) is 6.70. The third kappa shape index (κ3) is 2.30. The molecule has 0 aliphatic carbocycles. The van der Waals surface area contributed by atoms with E-state index < -0.39 is 0 Å². The monoisotopic (exact) mass is 197 g/mol. The highest BCUT2D eigenvalue weighted by Crippen LogP contribution is 2.21. The van der Waals surface area contributed by atoms with Crippen LogP contribution in [-0.4, -0.2) is 18.8 Å². The second-order valence-electron chi connectivity index (χ2n) is 3.31. The van der Waals surface area contributed by atoms with Gasteiger partial charge < -0.3 is 10.4 Å². The van der Waals surface area contributed by atoms with E-state index in [1.807, 2.05) is 13.1 Å². The molecule has 0 aliphatic rings. The highest BCUT2D eigenvalue weighted by Gasteiger charge is 2.12. The van der Waals surface area contributed by atoms with Crippen molar-refractivity contribution in [3.63, 3.8) is 0 Å². The van der Waals surface area contributed by atoms with Crippen LogP contribution in [0.25, 0.3) is 0 Å². The van der Waals surface area contributed by atoms with Gasteiger partial charge in [-0.3, -0.25) is 0 Å². The van der Waals surface area contributed by atoms with Crippen LogP contribution in [0.3, 0.4) is 0 Å². The molecule has 0 radical (unpaired) electrons. The van der Waals surface area contributed by atoms with Crippen molar-refractivity contribution in [3.05, 3.63) is 35.1 Å². The van der Waals surface area contributed by atoms with E-state index >= 15 is 0 Å². The van der Waals surface area contributed by atoms with Gasteiger partial charge in [-0.1, -0.05) is 12.1 Å². The molecule has 2 nitrogen and oxygen atoms in total. The van der Waals surface area contributed by atoms with Crippen LogP contribution >= 0.6 is 0 Å². The minimum absolute atomic E-state index is 0.0238. The van der Waals surface area contributed by atoms with E-state index in [0.717, 1.165) is 5.56 Å². The zero-order valence-electron chi connectivity index (χ0n) is 8.55. The summed E-state index contributed by atoms with van der Waals surface area (Å²) in [5.74, 6) is -0.194. The summed E-state index contributed by atoms with van der Waals surface area (Å²) in [5.41, 5.74) is 1.57. The highest BCUT2D eigenvalue weighted by molar-refractivity contribution is 5.30. The Morgan fingerprint density at radius 3 is 2.79 bits per heavy atom. The van der Waals surface area contributed by atoms with E-state index in [-0.39, 0.29) is 18.5 Å². The van der Waals surface area contributed by atoms with Crippen molar-refractivity contribution in [1.82, 2.24) is 5.32 Å². The lowest BCUT2D eigenvalue weighted by atomic mass is 9.99. The van der Waals surface area contributed by atoms with Crippen LogP contribution in [0.1, 0.15) is 23.6 Å². The molecule has 1 aromatic carbocycles. The van der Waals surface area contributed by atoms with Gasteiger partial charge in [0.25, 0.3) is 0 Å². The number of benzene rings is 1. The Kier molecular flexibility index (Phi) is 4.04. The zero-order valence-corrected chi connectivity index (χ0v) is 8.55. The van der Waals surface area contributed by atoms with Gasteiger partial charge in [0.1, 0.15) is 5.82 Å². The van der Waals surface area contributed by atoms with Crippen LogP contribution in [0.2, 0.25) is 0 Å². The molecule has 0 aromatic heterocycles. The Balaban J connectivity index is 2.97. The lowest BCUT2D eigenvalue weighted by molar-refractivity contribution is 0.268. The Morgan fingerprint density at radius 1 is 1.50 bits per heavy atom. The number of aliphatic hydroxyl groups is 1. The lowest BCUT2D eigenvalue weighted by Gasteiger charge is -2.17. The summed E-state index contributed by atoms with van der Waals surface area (Å²) in [4.78, 5) is 0. The maximum atomic E-state index is 13.2. The average Bonchev–Trinajstić information content (AvgIpc) is 2.19. The summed E-state index contributed by atoms with van der Waals surface area (Å²) in [6.07, 6.45) is 0.598. The van der Waals surface area contributed by atoms with Crippen molar-refractivity contribution < 1.29 is 9.50 Å². The van der Waals surface area contributed by atoms with Crippen LogP contribution < -0.4 is 5.32 Å². The minimum atomic E-state index is -0.194. The summed E-state index contributed by atoms with van der Waals surface area (Å²) >= 11 is 0. The maximum Gasteiger partial charge on any atom is 0.126 e. The van der Waals surface area contributed by atoms with Crippen LogP contribution in [0, 0.1) is 12.7 Å². The molecule has 0 amide bonds. The van der Waals surface area contributed by atoms with Gasteiger partial charge in [0.05, 0.1) is 0 Å². The molecular formula is C11H16FNO. The fourth-order valence-corrected chi connectivity index (χ4v) is 1.59. The van der Waals surface area contributed by atoms with Crippen LogP contribution in [0.4, 0.5) is 4.39 Å². The third-order valence-electron chi connectivity index (χ3n) is 2.45. The Morgan fingerprint density at radius 2 is 2.21 bits per heavy atom. The summed E-state index contributed by atoms with van der Waals surface area (Å²) in [5, 5.41) is 11.9. The van der Waals surface area contributed by atoms with E-state index in [1.54, 1.807) is 13.0 Å². The molecule has 0 spiro atoms. The summed E-state index contributed by atoms with van der Waals surface area (Å²) in [6, 6.07) is 5.05. The molecule has 14 heavy (non-hydrogen) atoms. The van der Waals surface area contributed by atoms with E-state index in [2.05, 4.69) is 5.32 Å². The van der Waals surface area contributed by atoms with Crippen LogP contribution in [0.5, 0.6) is 0 Å². The first-order valence-electron chi connectivity index (χ1n) is 4.73. The molecule has 0 fully saturated rings. The van der Waals surface area contributed by atoms with Gasteiger partial charge in [-0.05, 0) is 37.6 Å². The molecule has 1 aromatic rings. The molecule has 1 unspecified atom stereocenters. The number of aliphatic hydroxyl groups excluding tert-OH is 1. The molecule has 2 N–H and O–H groups in total. The number of rotatable bonds is 4. The normalized spacial score (nSPS) is 12.9. The number of nitrogens with one attached hydrogen (secondary N) is 1. The third-order valence-corrected chi connectivity index (χ3v) is 2.45. The van der Waals surface area contributed by atoms with E-state index in [9.17, 15) is 4.39 Å². The van der Waals surface area contributed by atoms with Gasteiger partial charge in [-0.2, -0.15) is 0 Å². The SMILES string of the molecule is CNC(CCO)c1cccc(F)c1C. The molecule has 3 heteroatoms. The molecule has 0 aliphatic heterocycles. The molecule has 0 heterocycles. The van der Waals surface area contributed by atoms with Gasteiger partial charge in [-0.25, -0.2) is 4.39 Å². The topological polar surface area (TPSA) is 32.3 Å². The molecule has 78 valence electrons. The summed E-state index contributed by atoms with van der Waals surface area (Å²) in [6.45, 7) is 1.86. The van der Waals surface area contributed by atoms with Gasteiger partial charge in [0.15, 0.2) is 0 Å². The highest BCUT2D eigenvalue weighted by atomic mass is 19.1.